The van der Waals surface area contributed by atoms with E-state index in [2.05, 4.69) is 15.9 Å². The molecule has 4 rings (SSSR count). The zero-order chi connectivity index (χ0) is 15.3. The summed E-state index contributed by atoms with van der Waals surface area (Å²) < 4.78 is 1.52. The Kier molecular flexibility index (Phi) is 2.87. The third kappa shape index (κ3) is 1.88. The summed E-state index contributed by atoms with van der Waals surface area (Å²) in [5.74, 6) is -0.235. The van der Waals surface area contributed by atoms with E-state index in [1.165, 1.54) is 0 Å². The molecule has 1 aliphatic rings. The Morgan fingerprint density at radius 1 is 0.909 bits per heavy atom. The van der Waals surface area contributed by atoms with Gasteiger partial charge in [0.05, 0.1) is 5.56 Å². The molecule has 0 saturated heterocycles. The summed E-state index contributed by atoms with van der Waals surface area (Å²) in [5.41, 5.74) is 1.66. The number of hydrogen-bond donors (Lipinski definition) is 0. The number of Topliss-reactive ketones (excluding diaryl/α,β-unsaturated/α-hetero) is 1. The van der Waals surface area contributed by atoms with E-state index in [0.29, 0.717) is 16.8 Å². The van der Waals surface area contributed by atoms with Gasteiger partial charge >= 0.3 is 0 Å². The minimum atomic E-state index is -0.235. The SMILES string of the molecule is O=C1C(c2ccc3ccccc3c2)=[N+]([O-])c2ccc(Br)cc21. The van der Waals surface area contributed by atoms with Crippen LogP contribution in [0, 0.1) is 5.21 Å². The highest BCUT2D eigenvalue weighted by Gasteiger charge is 2.36. The van der Waals surface area contributed by atoms with Gasteiger partial charge in [-0.3, -0.25) is 4.79 Å². The van der Waals surface area contributed by atoms with Crippen molar-refractivity contribution in [1.82, 2.24) is 0 Å². The molecule has 3 aromatic rings. The van der Waals surface area contributed by atoms with Crippen molar-refractivity contribution < 1.29 is 9.53 Å². The smallest absolute Gasteiger partial charge is 0.272 e. The monoisotopic (exact) mass is 351 g/mol. The van der Waals surface area contributed by atoms with Crippen LogP contribution < -0.4 is 0 Å². The lowest BCUT2D eigenvalue weighted by molar-refractivity contribution is -0.355. The molecule has 0 unspecified atom stereocenters. The van der Waals surface area contributed by atoms with Gasteiger partial charge in [0, 0.05) is 10.5 Å². The summed E-state index contributed by atoms with van der Waals surface area (Å²) in [7, 11) is 0. The molecule has 0 radical (unpaired) electrons. The van der Waals surface area contributed by atoms with Crippen LogP contribution in [0.5, 0.6) is 0 Å². The number of carbonyl (C=O) groups is 1. The summed E-state index contributed by atoms with van der Waals surface area (Å²) >= 11 is 3.34. The second kappa shape index (κ2) is 4.78. The summed E-state index contributed by atoms with van der Waals surface area (Å²) in [6.07, 6.45) is 0. The van der Waals surface area contributed by atoms with Crippen LogP contribution in [0.2, 0.25) is 0 Å². The maximum atomic E-state index is 12.6. The molecule has 0 N–H and O–H groups in total. The highest BCUT2D eigenvalue weighted by molar-refractivity contribution is 9.10. The predicted octanol–water partition coefficient (Wildman–Crippen LogP) is 4.43. The third-order valence-electron chi connectivity index (χ3n) is 3.86. The van der Waals surface area contributed by atoms with Crippen molar-refractivity contribution in [2.24, 2.45) is 0 Å². The van der Waals surface area contributed by atoms with Crippen molar-refractivity contribution in [3.05, 3.63) is 81.5 Å². The lowest BCUT2D eigenvalue weighted by atomic mass is 10.00. The minimum absolute atomic E-state index is 0.179. The summed E-state index contributed by atoms with van der Waals surface area (Å²) in [6, 6.07) is 18.6. The molecule has 3 nitrogen and oxygen atoms in total. The van der Waals surface area contributed by atoms with Crippen LogP contribution in [0.1, 0.15) is 15.9 Å². The highest BCUT2D eigenvalue weighted by atomic mass is 79.9. The van der Waals surface area contributed by atoms with Gasteiger partial charge in [-0.05, 0) is 35.0 Å². The van der Waals surface area contributed by atoms with Gasteiger partial charge < -0.3 is 5.21 Å². The lowest BCUT2D eigenvalue weighted by Crippen LogP contribution is -2.16. The molecule has 0 fully saturated rings. The first-order chi connectivity index (χ1) is 10.6. The number of halogens is 1. The van der Waals surface area contributed by atoms with Crippen molar-refractivity contribution in [3.8, 4) is 0 Å². The van der Waals surface area contributed by atoms with Crippen molar-refractivity contribution >= 4 is 43.9 Å². The van der Waals surface area contributed by atoms with Gasteiger partial charge in [-0.1, -0.05) is 46.3 Å². The molecule has 0 amide bonds. The van der Waals surface area contributed by atoms with E-state index >= 15 is 0 Å². The molecule has 106 valence electrons. The van der Waals surface area contributed by atoms with Crippen molar-refractivity contribution in [2.45, 2.75) is 0 Å². The summed E-state index contributed by atoms with van der Waals surface area (Å²) in [4.78, 5) is 12.6. The van der Waals surface area contributed by atoms with Gasteiger partial charge in [-0.15, -0.1) is 0 Å². The molecule has 0 aromatic heterocycles. The molecule has 0 spiro atoms. The standard InChI is InChI=1S/C18H10BrNO2/c19-14-7-8-16-15(10-14)18(21)17(20(16)22)13-6-5-11-3-1-2-4-12(11)9-13/h1-10H. The van der Waals surface area contributed by atoms with E-state index in [9.17, 15) is 10.0 Å². The number of nitrogens with zero attached hydrogens (tertiary/aromatic N) is 1. The van der Waals surface area contributed by atoms with Crippen LogP contribution in [0.25, 0.3) is 10.8 Å². The molecule has 4 heteroatoms. The molecular weight excluding hydrogens is 342 g/mol. The van der Waals surface area contributed by atoms with Gasteiger partial charge in [0.1, 0.15) is 5.56 Å². The molecular formula is C18H10BrNO2. The number of carbonyl (C=O) groups excluding carboxylic acids is 1. The maximum absolute atomic E-state index is 12.6. The van der Waals surface area contributed by atoms with E-state index in [4.69, 9.17) is 0 Å². The van der Waals surface area contributed by atoms with E-state index < -0.39 is 0 Å². The minimum Gasteiger partial charge on any atom is -0.618 e. The molecule has 1 aliphatic heterocycles. The number of rotatable bonds is 1. The Labute approximate surface area is 135 Å². The fourth-order valence-corrected chi connectivity index (χ4v) is 3.15. The number of fused-ring (bicyclic) bond motifs is 2. The first kappa shape index (κ1) is 13.2. The average molecular weight is 352 g/mol. The molecule has 1 heterocycles. The fourth-order valence-electron chi connectivity index (χ4n) is 2.79. The third-order valence-corrected chi connectivity index (χ3v) is 4.36. The molecule has 0 saturated carbocycles. The van der Waals surface area contributed by atoms with E-state index in [1.54, 1.807) is 18.2 Å². The molecule has 0 aliphatic carbocycles. The molecule has 0 atom stereocenters. The Hall–Kier alpha value is -2.46. The largest absolute Gasteiger partial charge is 0.618 e. The average Bonchev–Trinajstić information content (AvgIpc) is 2.78. The van der Waals surface area contributed by atoms with Crippen molar-refractivity contribution in [1.29, 1.82) is 0 Å². The van der Waals surface area contributed by atoms with Crippen LogP contribution in [0.15, 0.2) is 65.1 Å². The van der Waals surface area contributed by atoms with Crippen molar-refractivity contribution in [3.63, 3.8) is 0 Å². The normalized spacial score (nSPS) is 13.8. The first-order valence-corrected chi connectivity index (χ1v) is 7.62. The Balaban J connectivity index is 1.92. The molecule has 3 aromatic carbocycles. The summed E-state index contributed by atoms with van der Waals surface area (Å²) in [6.45, 7) is 0. The van der Waals surface area contributed by atoms with Gasteiger partial charge in [0.25, 0.3) is 11.5 Å². The Morgan fingerprint density at radius 2 is 1.68 bits per heavy atom. The van der Waals surface area contributed by atoms with E-state index in [0.717, 1.165) is 20.0 Å². The van der Waals surface area contributed by atoms with Gasteiger partial charge in [-0.25, -0.2) is 0 Å². The number of benzene rings is 3. The topological polar surface area (TPSA) is 43.1 Å². The van der Waals surface area contributed by atoms with Crippen LogP contribution in [0.3, 0.4) is 0 Å². The maximum Gasteiger partial charge on any atom is 0.272 e. The quantitative estimate of drug-likeness (QED) is 0.480. The van der Waals surface area contributed by atoms with E-state index in [-0.39, 0.29) is 11.5 Å². The molecule has 0 bridgehead atoms. The predicted molar refractivity (Wildman–Crippen MR) is 89.8 cm³/mol. The Morgan fingerprint density at radius 3 is 2.50 bits per heavy atom. The van der Waals surface area contributed by atoms with Crippen LogP contribution in [-0.2, 0) is 0 Å². The summed E-state index contributed by atoms with van der Waals surface area (Å²) in [5, 5.41) is 14.6. The van der Waals surface area contributed by atoms with Gasteiger partial charge in [0.2, 0.25) is 5.69 Å². The zero-order valence-electron chi connectivity index (χ0n) is 11.4. The fraction of sp³-hybridized carbons (Fsp3) is 0. The van der Waals surface area contributed by atoms with Crippen LogP contribution >= 0.6 is 15.9 Å². The van der Waals surface area contributed by atoms with E-state index in [1.807, 2.05) is 42.5 Å². The second-order valence-electron chi connectivity index (χ2n) is 5.20. The number of ketones is 1. The van der Waals surface area contributed by atoms with Gasteiger partial charge in [0.15, 0.2) is 0 Å². The zero-order valence-corrected chi connectivity index (χ0v) is 13.0. The lowest BCUT2D eigenvalue weighted by Gasteiger charge is -2.03. The van der Waals surface area contributed by atoms with Gasteiger partial charge in [-0.2, -0.15) is 4.74 Å². The van der Waals surface area contributed by atoms with Crippen LogP contribution in [-0.4, -0.2) is 16.2 Å². The Bertz CT molecular complexity index is 976. The number of hydrogen-bond acceptors (Lipinski definition) is 2. The van der Waals surface area contributed by atoms with Crippen molar-refractivity contribution in [2.75, 3.05) is 0 Å². The first-order valence-electron chi connectivity index (χ1n) is 6.83. The highest BCUT2D eigenvalue weighted by Crippen LogP contribution is 2.31. The molecule has 22 heavy (non-hydrogen) atoms. The second-order valence-corrected chi connectivity index (χ2v) is 6.11. The van der Waals surface area contributed by atoms with Crippen LogP contribution in [0.4, 0.5) is 5.69 Å².